The molecule has 0 saturated carbocycles. The van der Waals surface area contributed by atoms with Gasteiger partial charge in [0.25, 0.3) is 5.91 Å². The number of pyridine rings is 1. The number of hydrogen-bond acceptors (Lipinski definition) is 3. The van der Waals surface area contributed by atoms with Crippen molar-refractivity contribution in [2.45, 2.75) is 27.3 Å². The minimum absolute atomic E-state index is 0.158. The number of para-hydroxylation sites is 1. The molecule has 0 aliphatic rings. The van der Waals surface area contributed by atoms with Crippen LogP contribution in [0.15, 0.2) is 60.9 Å². The molecular weight excluding hydrogens is 322 g/mol. The average Bonchev–Trinajstić information content (AvgIpc) is 2.63. The molecule has 2 aromatic carbocycles. The van der Waals surface area contributed by atoms with E-state index in [4.69, 9.17) is 0 Å². The molecule has 0 radical (unpaired) electrons. The van der Waals surface area contributed by atoms with Gasteiger partial charge in [-0.3, -0.25) is 9.78 Å². The zero-order valence-corrected chi connectivity index (χ0v) is 15.3. The normalized spacial score (nSPS) is 10.4. The van der Waals surface area contributed by atoms with Crippen molar-refractivity contribution in [3.8, 4) is 0 Å². The molecule has 26 heavy (non-hydrogen) atoms. The van der Waals surface area contributed by atoms with Crippen molar-refractivity contribution in [3.05, 3.63) is 88.7 Å². The predicted molar refractivity (Wildman–Crippen MR) is 107 cm³/mol. The number of aromatic nitrogens is 1. The van der Waals surface area contributed by atoms with Crippen LogP contribution in [0.5, 0.6) is 0 Å². The van der Waals surface area contributed by atoms with E-state index in [1.165, 1.54) is 11.1 Å². The first-order valence-electron chi connectivity index (χ1n) is 8.65. The van der Waals surface area contributed by atoms with E-state index in [2.05, 4.69) is 40.7 Å². The van der Waals surface area contributed by atoms with Crippen LogP contribution < -0.4 is 10.6 Å². The summed E-state index contributed by atoms with van der Waals surface area (Å²) in [6.07, 6.45) is 3.31. The van der Waals surface area contributed by atoms with E-state index in [1.807, 2.05) is 44.2 Å². The Labute approximate surface area is 154 Å². The summed E-state index contributed by atoms with van der Waals surface area (Å²) >= 11 is 0. The molecule has 1 heterocycles. The molecule has 0 aliphatic heterocycles. The Bertz CT molecular complexity index is 914. The maximum atomic E-state index is 12.6. The van der Waals surface area contributed by atoms with Crippen molar-refractivity contribution < 1.29 is 4.79 Å². The Morgan fingerprint density at radius 1 is 0.962 bits per heavy atom. The van der Waals surface area contributed by atoms with Crippen LogP contribution in [0.3, 0.4) is 0 Å². The highest BCUT2D eigenvalue weighted by molar-refractivity contribution is 6.05. The number of aryl methyl sites for hydroxylation is 3. The number of carbonyl (C=O) groups excluding carboxylic acids is 1. The Balaban J connectivity index is 1.71. The van der Waals surface area contributed by atoms with E-state index in [1.54, 1.807) is 12.4 Å². The van der Waals surface area contributed by atoms with Gasteiger partial charge in [0.1, 0.15) is 0 Å². The van der Waals surface area contributed by atoms with Crippen LogP contribution in [-0.4, -0.2) is 10.9 Å². The molecule has 3 rings (SSSR count). The molecule has 1 amide bonds. The van der Waals surface area contributed by atoms with E-state index in [-0.39, 0.29) is 5.91 Å². The van der Waals surface area contributed by atoms with Crippen LogP contribution in [-0.2, 0) is 6.54 Å². The molecule has 1 aromatic heterocycles. The highest BCUT2D eigenvalue weighted by atomic mass is 16.1. The lowest BCUT2D eigenvalue weighted by Gasteiger charge is -2.12. The Morgan fingerprint density at radius 3 is 2.42 bits per heavy atom. The van der Waals surface area contributed by atoms with Gasteiger partial charge in [0.15, 0.2) is 0 Å². The number of benzene rings is 2. The highest BCUT2D eigenvalue weighted by Crippen LogP contribution is 2.21. The van der Waals surface area contributed by atoms with Gasteiger partial charge < -0.3 is 10.6 Å². The van der Waals surface area contributed by atoms with E-state index in [0.717, 1.165) is 22.5 Å². The maximum Gasteiger partial charge on any atom is 0.257 e. The van der Waals surface area contributed by atoms with Gasteiger partial charge >= 0.3 is 0 Å². The van der Waals surface area contributed by atoms with Crippen LogP contribution >= 0.6 is 0 Å². The van der Waals surface area contributed by atoms with Crippen LogP contribution in [0.25, 0.3) is 0 Å². The number of hydrogen-bond donors (Lipinski definition) is 2. The predicted octanol–water partition coefficient (Wildman–Crippen LogP) is 4.87. The van der Waals surface area contributed by atoms with Gasteiger partial charge in [-0.15, -0.1) is 0 Å². The highest BCUT2D eigenvalue weighted by Gasteiger charge is 2.10. The number of nitrogens with zero attached hydrogens (tertiary/aromatic N) is 1. The van der Waals surface area contributed by atoms with Crippen LogP contribution in [0.2, 0.25) is 0 Å². The van der Waals surface area contributed by atoms with Gasteiger partial charge in [-0.25, -0.2) is 0 Å². The Morgan fingerprint density at radius 2 is 1.69 bits per heavy atom. The summed E-state index contributed by atoms with van der Waals surface area (Å²) in [4.78, 5) is 16.8. The van der Waals surface area contributed by atoms with Gasteiger partial charge in [-0.2, -0.15) is 0 Å². The smallest absolute Gasteiger partial charge is 0.257 e. The number of rotatable bonds is 5. The lowest BCUT2D eigenvalue weighted by atomic mass is 10.1. The summed E-state index contributed by atoms with van der Waals surface area (Å²) in [7, 11) is 0. The topological polar surface area (TPSA) is 54.0 Å². The van der Waals surface area contributed by atoms with Crippen LogP contribution in [0, 0.1) is 20.8 Å². The van der Waals surface area contributed by atoms with Gasteiger partial charge in [0.2, 0.25) is 0 Å². The zero-order valence-electron chi connectivity index (χ0n) is 15.3. The Kier molecular flexibility index (Phi) is 5.32. The Hall–Kier alpha value is -3.14. The van der Waals surface area contributed by atoms with Crippen molar-refractivity contribution in [2.75, 3.05) is 10.6 Å². The largest absolute Gasteiger partial charge is 0.380 e. The third kappa shape index (κ3) is 4.28. The second kappa shape index (κ2) is 7.83. The molecule has 0 aliphatic carbocycles. The number of nitrogens with one attached hydrogen (secondary N) is 2. The molecule has 4 heteroatoms. The van der Waals surface area contributed by atoms with Crippen LogP contribution in [0.4, 0.5) is 11.4 Å². The van der Waals surface area contributed by atoms with Gasteiger partial charge in [-0.05, 0) is 43.5 Å². The molecule has 0 saturated heterocycles. The molecule has 0 spiro atoms. The van der Waals surface area contributed by atoms with E-state index < -0.39 is 0 Å². The van der Waals surface area contributed by atoms with E-state index >= 15 is 0 Å². The minimum atomic E-state index is -0.158. The molecule has 132 valence electrons. The number of anilines is 2. The van der Waals surface area contributed by atoms with E-state index in [0.29, 0.717) is 12.1 Å². The monoisotopic (exact) mass is 345 g/mol. The van der Waals surface area contributed by atoms with Gasteiger partial charge in [0.05, 0.1) is 11.3 Å². The fourth-order valence-corrected chi connectivity index (χ4v) is 2.88. The zero-order chi connectivity index (χ0) is 18.5. The summed E-state index contributed by atoms with van der Waals surface area (Å²) in [5.41, 5.74) is 6.71. The minimum Gasteiger partial charge on any atom is -0.380 e. The fourth-order valence-electron chi connectivity index (χ4n) is 2.88. The molecule has 0 fully saturated rings. The first-order chi connectivity index (χ1) is 12.5. The second-order valence-corrected chi connectivity index (χ2v) is 6.53. The standard InChI is InChI=1S/C22H23N3O/c1-15-6-4-9-18(10-15)12-24-20-11-19(13-23-14-20)22(26)25-21-16(2)7-5-8-17(21)3/h4-11,13-14,24H,12H2,1-3H3,(H,25,26). The first kappa shape index (κ1) is 17.7. The SMILES string of the molecule is Cc1cccc(CNc2cncc(C(=O)Nc3c(C)cccc3C)c2)c1. The quantitative estimate of drug-likeness (QED) is 0.693. The van der Waals surface area contributed by atoms with Crippen molar-refractivity contribution in [2.24, 2.45) is 0 Å². The summed E-state index contributed by atoms with van der Waals surface area (Å²) in [5, 5.41) is 6.32. The summed E-state index contributed by atoms with van der Waals surface area (Å²) in [5.74, 6) is -0.158. The molecule has 0 atom stereocenters. The van der Waals surface area contributed by atoms with E-state index in [9.17, 15) is 4.79 Å². The third-order valence-corrected chi connectivity index (χ3v) is 4.30. The molecule has 0 bridgehead atoms. The van der Waals surface area contributed by atoms with Gasteiger partial charge in [-0.1, -0.05) is 48.0 Å². The van der Waals surface area contributed by atoms with Gasteiger partial charge in [0, 0.05) is 24.6 Å². The molecule has 4 nitrogen and oxygen atoms in total. The molecule has 2 N–H and O–H groups in total. The molecule has 0 unspecified atom stereocenters. The molecular formula is C22H23N3O. The lowest BCUT2D eigenvalue weighted by molar-refractivity contribution is 0.102. The molecule has 3 aromatic rings. The van der Waals surface area contributed by atoms with Crippen molar-refractivity contribution in [3.63, 3.8) is 0 Å². The number of carbonyl (C=O) groups is 1. The van der Waals surface area contributed by atoms with Crippen LogP contribution in [0.1, 0.15) is 32.6 Å². The fraction of sp³-hybridized carbons (Fsp3) is 0.182. The third-order valence-electron chi connectivity index (χ3n) is 4.30. The summed E-state index contributed by atoms with van der Waals surface area (Å²) in [6, 6.07) is 16.1. The summed E-state index contributed by atoms with van der Waals surface area (Å²) in [6.45, 7) is 6.73. The summed E-state index contributed by atoms with van der Waals surface area (Å²) < 4.78 is 0. The van der Waals surface area contributed by atoms with Crippen molar-refractivity contribution in [1.82, 2.24) is 4.98 Å². The average molecular weight is 345 g/mol. The van der Waals surface area contributed by atoms with Crippen molar-refractivity contribution in [1.29, 1.82) is 0 Å². The maximum absolute atomic E-state index is 12.6. The first-order valence-corrected chi connectivity index (χ1v) is 8.65. The second-order valence-electron chi connectivity index (χ2n) is 6.53. The lowest BCUT2D eigenvalue weighted by Crippen LogP contribution is -2.14. The van der Waals surface area contributed by atoms with Crippen molar-refractivity contribution >= 4 is 17.3 Å². The number of amides is 1.